The molecule has 354 valence electrons. The van der Waals surface area contributed by atoms with Crippen molar-refractivity contribution in [2.75, 3.05) is 60.1 Å². The number of rotatable bonds is 11. The average Bonchev–Trinajstić information content (AvgIpc) is 4.19. The number of amides is 4. The van der Waals surface area contributed by atoms with Gasteiger partial charge in [-0.2, -0.15) is 0 Å². The third-order valence-corrected chi connectivity index (χ3v) is 9.74. The highest BCUT2D eigenvalue weighted by Crippen LogP contribution is 2.30. The van der Waals surface area contributed by atoms with Crippen molar-refractivity contribution in [3.63, 3.8) is 0 Å². The maximum absolute atomic E-state index is 13.6. The lowest BCUT2D eigenvalue weighted by molar-refractivity contribution is -0.129. The predicted molar refractivity (Wildman–Crippen MR) is 249 cm³/mol. The number of aromatic nitrogens is 4. The number of benzene rings is 2. The van der Waals surface area contributed by atoms with E-state index in [1.54, 1.807) is 47.0 Å². The molecule has 2 fully saturated rings. The van der Waals surface area contributed by atoms with Gasteiger partial charge in [0.15, 0.2) is 5.43 Å². The molecule has 2 aliphatic heterocycles. The molecule has 18 nitrogen and oxygen atoms in total. The molecule has 2 aliphatic rings. The van der Waals surface area contributed by atoms with Gasteiger partial charge in [-0.05, 0) is 62.3 Å². The standard InChI is InChI=1S/C25H22N4O4.2C8H14N2O3.2C3H8/c30-12-18(31)6-7-19-24(32)20-9-17(22-11-27-14-29-22)5-8-23(20)33-25(19)16-3-1-15(2-4-16)21-10-26-13-28-21;2*1-13-8(12)9-6-7(11)10-4-2-3-5-10;2*1-3-2/h1-5,8-11,13-14,18,30-31H,6-7,12H2,(H,26,28)(H,27,29);2*2-6H2,1H3,(H,9,12);2*3H2,1-2H3. The Labute approximate surface area is 380 Å². The van der Waals surface area contributed by atoms with Crippen molar-refractivity contribution in [2.24, 2.45) is 0 Å². The number of carbonyl (C=O) groups is 4. The Hall–Kier alpha value is -6.53. The topological polar surface area (TPSA) is 245 Å². The van der Waals surface area contributed by atoms with Crippen LogP contribution in [-0.4, -0.2) is 130 Å². The number of imidazole rings is 2. The Bertz CT molecular complexity index is 2170. The van der Waals surface area contributed by atoms with Gasteiger partial charge >= 0.3 is 12.2 Å². The molecule has 18 heteroatoms. The van der Waals surface area contributed by atoms with Gasteiger partial charge in [-0.25, -0.2) is 19.6 Å². The molecule has 0 saturated carbocycles. The minimum absolute atomic E-state index is 0.0344. The number of fused-ring (bicyclic) bond motifs is 1. The third-order valence-electron chi connectivity index (χ3n) is 9.74. The maximum Gasteiger partial charge on any atom is 0.407 e. The van der Waals surface area contributed by atoms with Crippen LogP contribution in [-0.2, 0) is 25.5 Å². The first-order chi connectivity index (χ1) is 31.4. The van der Waals surface area contributed by atoms with Gasteiger partial charge in [0.2, 0.25) is 11.8 Å². The summed E-state index contributed by atoms with van der Waals surface area (Å²) in [6, 6.07) is 13.1. The molecule has 0 bridgehead atoms. The second-order valence-electron chi connectivity index (χ2n) is 15.1. The number of H-pyrrole nitrogens is 2. The summed E-state index contributed by atoms with van der Waals surface area (Å²) in [5.74, 6) is 0.383. The van der Waals surface area contributed by atoms with Crippen molar-refractivity contribution in [1.82, 2.24) is 40.4 Å². The largest absolute Gasteiger partial charge is 0.456 e. The third kappa shape index (κ3) is 17.2. The second kappa shape index (κ2) is 29.0. The summed E-state index contributed by atoms with van der Waals surface area (Å²) < 4.78 is 14.9. The molecule has 2 saturated heterocycles. The van der Waals surface area contributed by atoms with E-state index in [1.807, 2.05) is 30.3 Å². The predicted octanol–water partition coefficient (Wildman–Crippen LogP) is 6.29. The highest BCUT2D eigenvalue weighted by molar-refractivity contribution is 5.85. The highest BCUT2D eigenvalue weighted by atomic mass is 16.5. The lowest BCUT2D eigenvalue weighted by atomic mass is 9.98. The zero-order chi connectivity index (χ0) is 47.6. The van der Waals surface area contributed by atoms with E-state index in [0.717, 1.165) is 79.9 Å². The average molecular weight is 903 g/mol. The zero-order valence-corrected chi connectivity index (χ0v) is 38.5. The smallest absolute Gasteiger partial charge is 0.407 e. The van der Waals surface area contributed by atoms with Crippen LogP contribution in [0.1, 0.15) is 78.2 Å². The van der Waals surface area contributed by atoms with E-state index in [4.69, 9.17) is 4.42 Å². The summed E-state index contributed by atoms with van der Waals surface area (Å²) >= 11 is 0. The van der Waals surface area contributed by atoms with Crippen LogP contribution in [0.2, 0.25) is 0 Å². The van der Waals surface area contributed by atoms with E-state index in [0.29, 0.717) is 22.3 Å². The Balaban J connectivity index is 0.000000288. The quantitative estimate of drug-likeness (QED) is 0.0857. The fourth-order valence-electron chi connectivity index (χ4n) is 6.49. The van der Waals surface area contributed by atoms with Gasteiger partial charge in [0.1, 0.15) is 24.4 Å². The second-order valence-corrected chi connectivity index (χ2v) is 15.1. The van der Waals surface area contributed by atoms with E-state index >= 15 is 0 Å². The maximum atomic E-state index is 13.6. The summed E-state index contributed by atoms with van der Waals surface area (Å²) in [5.41, 5.74) is 5.00. The number of hydrogen-bond acceptors (Lipinski definition) is 12. The molecule has 1 unspecified atom stereocenters. The number of aromatic amines is 2. The minimum atomic E-state index is -0.910. The van der Waals surface area contributed by atoms with Crippen molar-refractivity contribution in [2.45, 2.75) is 85.2 Å². The van der Waals surface area contributed by atoms with Gasteiger partial charge in [0.25, 0.3) is 0 Å². The van der Waals surface area contributed by atoms with Gasteiger partial charge in [-0.15, -0.1) is 0 Å². The first-order valence-corrected chi connectivity index (χ1v) is 22.1. The van der Waals surface area contributed by atoms with Crippen LogP contribution >= 0.6 is 0 Å². The zero-order valence-electron chi connectivity index (χ0n) is 38.5. The van der Waals surface area contributed by atoms with Crippen molar-refractivity contribution in [3.05, 3.63) is 83.3 Å². The number of carbonyl (C=O) groups excluding carboxylic acids is 4. The van der Waals surface area contributed by atoms with Crippen molar-refractivity contribution >= 4 is 35.0 Å². The first kappa shape index (κ1) is 52.8. The first-order valence-electron chi connectivity index (χ1n) is 22.1. The van der Waals surface area contributed by atoms with E-state index in [2.05, 4.69) is 67.7 Å². The van der Waals surface area contributed by atoms with Crippen LogP contribution in [0.15, 0.2) is 76.7 Å². The van der Waals surface area contributed by atoms with Crippen LogP contribution in [0, 0.1) is 0 Å². The SMILES string of the molecule is CCC.CCC.COC(=O)NCC(=O)N1CCCC1.COC(=O)NCC(=O)N1CCCC1.O=c1c(CCC(O)CO)c(-c2ccc(-c3cnc[nH]3)cc2)oc2ccc(-c3cnc[nH]3)cc12. The number of aliphatic hydroxyl groups is 2. The molecule has 0 spiro atoms. The fourth-order valence-corrected chi connectivity index (χ4v) is 6.49. The van der Waals surface area contributed by atoms with Crippen LogP contribution in [0.5, 0.6) is 0 Å². The highest BCUT2D eigenvalue weighted by Gasteiger charge is 2.20. The van der Waals surface area contributed by atoms with Gasteiger partial charge in [0.05, 0.1) is 68.8 Å². The molecule has 1 atom stereocenters. The molecule has 0 radical (unpaired) electrons. The normalized spacial score (nSPS) is 13.0. The van der Waals surface area contributed by atoms with Gasteiger partial charge in [-0.3, -0.25) is 14.4 Å². The molecule has 0 aliphatic carbocycles. The minimum Gasteiger partial charge on any atom is -0.456 e. The molecule has 4 amide bonds. The summed E-state index contributed by atoms with van der Waals surface area (Å²) in [6.07, 6.45) is 11.8. The lowest BCUT2D eigenvalue weighted by Gasteiger charge is -2.14. The van der Waals surface area contributed by atoms with E-state index in [9.17, 15) is 34.2 Å². The van der Waals surface area contributed by atoms with Crippen LogP contribution in [0.3, 0.4) is 0 Å². The molecule has 7 rings (SSSR count). The molecule has 5 aromatic rings. The molecule has 6 N–H and O–H groups in total. The molecule has 5 heterocycles. The number of hydrogen-bond donors (Lipinski definition) is 6. The number of methoxy groups -OCH3 is 2. The number of aliphatic hydroxyl groups excluding tert-OH is 2. The molecular weight excluding hydrogens is 837 g/mol. The van der Waals surface area contributed by atoms with Crippen LogP contribution in [0.25, 0.3) is 44.8 Å². The van der Waals surface area contributed by atoms with Gasteiger partial charge in [0, 0.05) is 42.9 Å². The Kier molecular flexibility index (Phi) is 23.6. The van der Waals surface area contributed by atoms with Gasteiger partial charge < -0.3 is 54.5 Å². The molecular formula is C47H66N8O10. The van der Waals surface area contributed by atoms with Crippen LogP contribution < -0.4 is 16.1 Å². The van der Waals surface area contributed by atoms with E-state index < -0.39 is 18.3 Å². The Morgan fingerprint density at radius 2 is 1.18 bits per heavy atom. The monoisotopic (exact) mass is 902 g/mol. The summed E-state index contributed by atoms with van der Waals surface area (Å²) in [7, 11) is 2.55. The fraction of sp³-hybridized carbons (Fsp3) is 0.468. The summed E-state index contributed by atoms with van der Waals surface area (Å²) in [5, 5.41) is 24.3. The molecule has 3 aromatic heterocycles. The van der Waals surface area contributed by atoms with E-state index in [1.165, 1.54) is 27.1 Å². The Morgan fingerprint density at radius 3 is 1.62 bits per heavy atom. The Morgan fingerprint density at radius 1 is 0.738 bits per heavy atom. The molecule has 2 aromatic carbocycles. The summed E-state index contributed by atoms with van der Waals surface area (Å²) in [4.78, 5) is 75.1. The summed E-state index contributed by atoms with van der Waals surface area (Å²) in [6.45, 7) is 11.4. The number of nitrogens with one attached hydrogen (secondary N) is 4. The number of nitrogens with zero attached hydrogens (tertiary/aromatic N) is 4. The molecule has 65 heavy (non-hydrogen) atoms. The van der Waals surface area contributed by atoms with Crippen molar-refractivity contribution < 1.29 is 43.3 Å². The van der Waals surface area contributed by atoms with Crippen molar-refractivity contribution in [1.29, 1.82) is 0 Å². The van der Waals surface area contributed by atoms with Gasteiger partial charge in [-0.1, -0.05) is 64.8 Å². The van der Waals surface area contributed by atoms with E-state index in [-0.39, 0.29) is 49.8 Å². The lowest BCUT2D eigenvalue weighted by Crippen LogP contribution is -2.38. The number of ether oxygens (including phenoxy) is 2. The van der Waals surface area contributed by atoms with Crippen molar-refractivity contribution in [3.8, 4) is 33.8 Å². The number of alkyl carbamates (subject to hydrolysis) is 2. The van der Waals surface area contributed by atoms with Crippen LogP contribution in [0.4, 0.5) is 9.59 Å². The number of likely N-dealkylation sites (tertiary alicyclic amines) is 2.